The molecule has 1 saturated carbocycles. The van der Waals surface area contributed by atoms with Crippen LogP contribution in [-0.4, -0.2) is 9.78 Å². The highest BCUT2D eigenvalue weighted by molar-refractivity contribution is 7.98. The van der Waals surface area contributed by atoms with Crippen LogP contribution in [0.15, 0.2) is 35.4 Å². The molecule has 1 fully saturated rings. The quantitative estimate of drug-likeness (QED) is 0.642. The fourth-order valence-electron chi connectivity index (χ4n) is 2.79. The van der Waals surface area contributed by atoms with E-state index in [9.17, 15) is 0 Å². The molecule has 3 nitrogen and oxygen atoms in total. The second-order valence-corrected chi connectivity index (χ2v) is 7.00. The molecular weight excluding hydrogens is 302 g/mol. The smallest absolute Gasteiger partial charge is 0.0727 e. The van der Waals surface area contributed by atoms with Crippen LogP contribution in [0.2, 0.25) is 5.02 Å². The van der Waals surface area contributed by atoms with Crippen LogP contribution < -0.4 is 5.73 Å². The Morgan fingerprint density at radius 2 is 2.05 bits per heavy atom. The number of halogens is 1. The second-order valence-electron chi connectivity index (χ2n) is 5.55. The van der Waals surface area contributed by atoms with E-state index >= 15 is 0 Å². The summed E-state index contributed by atoms with van der Waals surface area (Å²) in [6.07, 6.45) is 8.66. The van der Waals surface area contributed by atoms with Gasteiger partial charge in [0.25, 0.3) is 0 Å². The van der Waals surface area contributed by atoms with Crippen molar-refractivity contribution in [3.63, 3.8) is 0 Å². The molecule has 0 atom stereocenters. The first-order chi connectivity index (χ1) is 10.2. The molecule has 5 heteroatoms. The lowest BCUT2D eigenvalue weighted by atomic mass is 9.96. The van der Waals surface area contributed by atoms with Crippen molar-refractivity contribution in [3.8, 4) is 0 Å². The summed E-state index contributed by atoms with van der Waals surface area (Å²) in [5.41, 5.74) is 7.85. The molecule has 1 heterocycles. The van der Waals surface area contributed by atoms with Gasteiger partial charge in [0, 0.05) is 27.6 Å². The predicted molar refractivity (Wildman–Crippen MR) is 89.8 cm³/mol. The summed E-state index contributed by atoms with van der Waals surface area (Å²) >= 11 is 7.70. The molecule has 1 aromatic heterocycles. The monoisotopic (exact) mass is 321 g/mol. The molecule has 0 saturated heterocycles. The number of nitrogens with two attached hydrogens (primary N) is 1. The largest absolute Gasteiger partial charge is 0.398 e. The number of hydrogen-bond acceptors (Lipinski definition) is 3. The normalized spacial score (nSPS) is 16.2. The molecule has 1 aliphatic carbocycles. The summed E-state index contributed by atoms with van der Waals surface area (Å²) in [7, 11) is 0. The van der Waals surface area contributed by atoms with Gasteiger partial charge in [-0.1, -0.05) is 30.9 Å². The zero-order valence-electron chi connectivity index (χ0n) is 12.0. The van der Waals surface area contributed by atoms with Gasteiger partial charge in [0.05, 0.1) is 11.7 Å². The lowest BCUT2D eigenvalue weighted by Gasteiger charge is -2.21. The van der Waals surface area contributed by atoms with E-state index in [-0.39, 0.29) is 0 Å². The summed E-state index contributed by atoms with van der Waals surface area (Å²) in [5.74, 6) is 0.824. The Morgan fingerprint density at radius 3 is 2.86 bits per heavy atom. The van der Waals surface area contributed by atoms with Crippen molar-refractivity contribution in [1.82, 2.24) is 9.78 Å². The summed E-state index contributed by atoms with van der Waals surface area (Å²) in [6, 6.07) is 8.29. The molecule has 2 N–H and O–H groups in total. The van der Waals surface area contributed by atoms with E-state index in [2.05, 4.69) is 16.9 Å². The summed E-state index contributed by atoms with van der Waals surface area (Å²) < 4.78 is 2.15. The number of hydrogen-bond donors (Lipinski definition) is 1. The average Bonchev–Trinajstić information content (AvgIpc) is 2.98. The van der Waals surface area contributed by atoms with Crippen LogP contribution in [0.5, 0.6) is 0 Å². The number of thioether (sulfide) groups is 1. The van der Waals surface area contributed by atoms with E-state index in [1.807, 2.05) is 18.2 Å². The topological polar surface area (TPSA) is 43.8 Å². The maximum Gasteiger partial charge on any atom is 0.0727 e. The van der Waals surface area contributed by atoms with Crippen molar-refractivity contribution in [2.45, 2.75) is 48.8 Å². The number of nitrogen functional groups attached to an aromatic ring is 1. The molecular formula is C16H20ClN3S. The third-order valence-corrected chi connectivity index (χ3v) is 5.30. The highest BCUT2D eigenvalue weighted by atomic mass is 35.5. The van der Waals surface area contributed by atoms with E-state index in [4.69, 9.17) is 22.4 Å². The Balaban J connectivity index is 1.63. The number of anilines is 1. The van der Waals surface area contributed by atoms with E-state index in [1.54, 1.807) is 11.8 Å². The van der Waals surface area contributed by atoms with Crippen LogP contribution in [0.3, 0.4) is 0 Å². The number of aromatic nitrogens is 2. The van der Waals surface area contributed by atoms with Gasteiger partial charge in [0.1, 0.15) is 0 Å². The number of nitrogens with zero attached hydrogens (tertiary/aromatic N) is 2. The lowest BCUT2D eigenvalue weighted by molar-refractivity contribution is 0.328. The number of rotatable bonds is 4. The fraction of sp³-hybridized carbons (Fsp3) is 0.438. The minimum Gasteiger partial charge on any atom is -0.398 e. The number of benzene rings is 1. The van der Waals surface area contributed by atoms with Crippen molar-refractivity contribution in [1.29, 1.82) is 0 Å². The Kier molecular flexibility index (Phi) is 4.76. The van der Waals surface area contributed by atoms with Gasteiger partial charge in [-0.3, -0.25) is 4.68 Å². The van der Waals surface area contributed by atoms with Crippen molar-refractivity contribution >= 4 is 29.1 Å². The SMILES string of the molecule is Nc1ccc(Cl)cc1SCc1ccn(C2CCCCC2)n1. The van der Waals surface area contributed by atoms with Gasteiger partial charge in [0.15, 0.2) is 0 Å². The van der Waals surface area contributed by atoms with E-state index < -0.39 is 0 Å². The summed E-state index contributed by atoms with van der Waals surface area (Å²) in [6.45, 7) is 0. The van der Waals surface area contributed by atoms with E-state index in [0.717, 1.165) is 27.1 Å². The molecule has 1 aliphatic rings. The molecule has 0 bridgehead atoms. The van der Waals surface area contributed by atoms with Crippen LogP contribution >= 0.6 is 23.4 Å². The molecule has 3 rings (SSSR count). The maximum absolute atomic E-state index is 6.02. The highest BCUT2D eigenvalue weighted by Gasteiger charge is 2.16. The molecule has 0 unspecified atom stereocenters. The molecule has 112 valence electrons. The first-order valence-corrected chi connectivity index (χ1v) is 8.80. The van der Waals surface area contributed by atoms with Crippen molar-refractivity contribution in [2.75, 3.05) is 5.73 Å². The Morgan fingerprint density at radius 1 is 1.24 bits per heavy atom. The molecule has 0 aliphatic heterocycles. The van der Waals surface area contributed by atoms with Gasteiger partial charge < -0.3 is 5.73 Å². The predicted octanol–water partition coefficient (Wildman–Crippen LogP) is 4.92. The Hall–Kier alpha value is -1.13. The molecule has 1 aromatic carbocycles. The van der Waals surface area contributed by atoms with Crippen LogP contribution in [0, 0.1) is 0 Å². The second kappa shape index (κ2) is 6.75. The van der Waals surface area contributed by atoms with Gasteiger partial charge in [-0.05, 0) is 37.1 Å². The highest BCUT2D eigenvalue weighted by Crippen LogP contribution is 2.31. The van der Waals surface area contributed by atoms with Crippen LogP contribution in [0.1, 0.15) is 43.8 Å². The molecule has 2 aromatic rings. The third kappa shape index (κ3) is 3.74. The van der Waals surface area contributed by atoms with Gasteiger partial charge in [-0.15, -0.1) is 11.8 Å². The maximum atomic E-state index is 6.02. The van der Waals surface area contributed by atoms with Crippen LogP contribution in [0.4, 0.5) is 5.69 Å². The van der Waals surface area contributed by atoms with Gasteiger partial charge in [0.2, 0.25) is 0 Å². The van der Waals surface area contributed by atoms with Gasteiger partial charge >= 0.3 is 0 Å². The van der Waals surface area contributed by atoms with E-state index in [0.29, 0.717) is 6.04 Å². The van der Waals surface area contributed by atoms with Gasteiger partial charge in [-0.2, -0.15) is 5.10 Å². The first-order valence-electron chi connectivity index (χ1n) is 7.44. The standard InChI is InChI=1S/C16H20ClN3S/c17-12-6-7-15(18)16(10-12)21-11-13-8-9-20(19-13)14-4-2-1-3-5-14/h6-10,14H,1-5,11,18H2. The summed E-state index contributed by atoms with van der Waals surface area (Å²) in [4.78, 5) is 1.02. The Labute approximate surface area is 134 Å². The van der Waals surface area contributed by atoms with Crippen LogP contribution in [0.25, 0.3) is 0 Å². The molecule has 0 amide bonds. The first kappa shape index (κ1) is 14.8. The van der Waals surface area contributed by atoms with Crippen molar-refractivity contribution in [2.24, 2.45) is 0 Å². The fourth-order valence-corrected chi connectivity index (χ4v) is 3.93. The molecule has 21 heavy (non-hydrogen) atoms. The van der Waals surface area contributed by atoms with Gasteiger partial charge in [-0.25, -0.2) is 0 Å². The average molecular weight is 322 g/mol. The zero-order valence-corrected chi connectivity index (χ0v) is 13.5. The minimum absolute atomic E-state index is 0.591. The Bertz CT molecular complexity index is 605. The van der Waals surface area contributed by atoms with Crippen LogP contribution in [-0.2, 0) is 5.75 Å². The molecule has 0 spiro atoms. The zero-order chi connectivity index (χ0) is 14.7. The van der Waals surface area contributed by atoms with Crippen molar-refractivity contribution < 1.29 is 0 Å². The lowest BCUT2D eigenvalue weighted by Crippen LogP contribution is -2.13. The minimum atomic E-state index is 0.591. The molecule has 0 radical (unpaired) electrons. The third-order valence-electron chi connectivity index (χ3n) is 3.96. The summed E-state index contributed by atoms with van der Waals surface area (Å²) in [5, 5.41) is 5.44. The van der Waals surface area contributed by atoms with E-state index in [1.165, 1.54) is 32.1 Å². The van der Waals surface area contributed by atoms with Crippen molar-refractivity contribution in [3.05, 3.63) is 41.2 Å².